The van der Waals surface area contributed by atoms with Gasteiger partial charge in [-0.05, 0) is 19.0 Å². The lowest BCUT2D eigenvalue weighted by molar-refractivity contribution is 0.431. The fourth-order valence-electron chi connectivity index (χ4n) is 1.77. The number of hydrogen-bond acceptors (Lipinski definition) is 4. The van der Waals surface area contributed by atoms with Gasteiger partial charge in [-0.15, -0.1) is 0 Å². The second kappa shape index (κ2) is 4.99. The maximum atomic E-state index is 12.2. The average molecular weight is 257 g/mol. The van der Waals surface area contributed by atoms with Crippen molar-refractivity contribution in [2.24, 2.45) is 0 Å². The minimum atomic E-state index is -3.48. The van der Waals surface area contributed by atoms with Crippen molar-refractivity contribution in [1.29, 1.82) is 0 Å². The first-order valence-electron chi connectivity index (χ1n) is 5.50. The van der Waals surface area contributed by atoms with Gasteiger partial charge < -0.3 is 10.3 Å². The molecule has 0 amide bonds. The van der Waals surface area contributed by atoms with Crippen LogP contribution in [-0.2, 0) is 10.0 Å². The summed E-state index contributed by atoms with van der Waals surface area (Å²) in [5.41, 5.74) is -0.304. The predicted molar refractivity (Wildman–Crippen MR) is 63.3 cm³/mol. The van der Waals surface area contributed by atoms with Crippen LogP contribution < -0.4 is 10.9 Å². The van der Waals surface area contributed by atoms with Crippen LogP contribution in [0.4, 0.5) is 0 Å². The second-order valence-corrected chi connectivity index (χ2v) is 5.83. The second-order valence-electron chi connectivity index (χ2n) is 3.90. The summed E-state index contributed by atoms with van der Waals surface area (Å²) in [6.07, 6.45) is 2.04. The molecule has 1 aliphatic rings. The van der Waals surface area contributed by atoms with Crippen molar-refractivity contribution in [1.82, 2.24) is 14.6 Å². The predicted octanol–water partition coefficient (Wildman–Crippen LogP) is -0.641. The zero-order chi connectivity index (χ0) is 12.3. The van der Waals surface area contributed by atoms with Crippen LogP contribution >= 0.6 is 0 Å². The van der Waals surface area contributed by atoms with Gasteiger partial charge in [-0.2, -0.15) is 4.31 Å². The number of rotatable bonds is 2. The molecule has 2 heterocycles. The van der Waals surface area contributed by atoms with Gasteiger partial charge >= 0.3 is 0 Å². The van der Waals surface area contributed by atoms with Crippen molar-refractivity contribution < 1.29 is 8.42 Å². The largest absolute Gasteiger partial charge is 0.328 e. The molecule has 0 unspecified atom stereocenters. The lowest BCUT2D eigenvalue weighted by atomic mass is 10.4. The zero-order valence-corrected chi connectivity index (χ0v) is 10.2. The maximum Gasteiger partial charge on any atom is 0.247 e. The van der Waals surface area contributed by atoms with Gasteiger partial charge in [0.15, 0.2) is 0 Å². The molecule has 0 radical (unpaired) electrons. The zero-order valence-electron chi connectivity index (χ0n) is 9.35. The molecule has 2 rings (SSSR count). The van der Waals surface area contributed by atoms with Crippen molar-refractivity contribution in [2.45, 2.75) is 11.3 Å². The van der Waals surface area contributed by atoms with Crippen LogP contribution in [0.25, 0.3) is 0 Å². The van der Waals surface area contributed by atoms with E-state index in [1.54, 1.807) is 0 Å². The Morgan fingerprint density at radius 3 is 2.71 bits per heavy atom. The van der Waals surface area contributed by atoms with Crippen LogP contribution in [0.3, 0.4) is 0 Å². The third-order valence-electron chi connectivity index (χ3n) is 2.69. The summed E-state index contributed by atoms with van der Waals surface area (Å²) in [7, 11) is -3.48. The van der Waals surface area contributed by atoms with Crippen molar-refractivity contribution >= 4 is 10.0 Å². The summed E-state index contributed by atoms with van der Waals surface area (Å²) in [5, 5.41) is 3.15. The molecule has 1 aromatic heterocycles. The minimum Gasteiger partial charge on any atom is -0.328 e. The number of nitrogens with one attached hydrogen (secondary N) is 2. The van der Waals surface area contributed by atoms with Crippen LogP contribution in [0.1, 0.15) is 6.42 Å². The van der Waals surface area contributed by atoms with E-state index in [-0.39, 0.29) is 10.5 Å². The summed E-state index contributed by atoms with van der Waals surface area (Å²) < 4.78 is 25.9. The number of nitrogens with zero attached hydrogens (tertiary/aromatic N) is 1. The van der Waals surface area contributed by atoms with Crippen molar-refractivity contribution in [3.05, 3.63) is 28.7 Å². The van der Waals surface area contributed by atoms with Crippen molar-refractivity contribution in [3.63, 3.8) is 0 Å². The van der Waals surface area contributed by atoms with Gasteiger partial charge in [-0.25, -0.2) is 8.42 Å². The molecule has 1 aliphatic heterocycles. The fourth-order valence-corrected chi connectivity index (χ4v) is 3.21. The van der Waals surface area contributed by atoms with Gasteiger partial charge in [-0.1, -0.05) is 0 Å². The van der Waals surface area contributed by atoms with Crippen LogP contribution in [0, 0.1) is 0 Å². The lowest BCUT2D eigenvalue weighted by Crippen LogP contribution is -2.34. The third kappa shape index (κ3) is 2.74. The van der Waals surface area contributed by atoms with Crippen LogP contribution in [-0.4, -0.2) is 43.9 Å². The topological polar surface area (TPSA) is 82.3 Å². The highest BCUT2D eigenvalue weighted by atomic mass is 32.2. The monoisotopic (exact) mass is 257 g/mol. The van der Waals surface area contributed by atoms with Gasteiger partial charge in [0.25, 0.3) is 0 Å². The SMILES string of the molecule is O=c1ccc(S(=O)(=O)N2CCCNCC2)c[nH]1. The quantitative estimate of drug-likeness (QED) is 0.738. The summed E-state index contributed by atoms with van der Waals surface area (Å²) >= 11 is 0. The minimum absolute atomic E-state index is 0.138. The average Bonchev–Trinajstić information content (AvgIpc) is 2.58. The summed E-state index contributed by atoms with van der Waals surface area (Å²) in [5.74, 6) is 0. The van der Waals surface area contributed by atoms with Crippen LogP contribution in [0.5, 0.6) is 0 Å². The Labute approximate surface area is 99.7 Å². The lowest BCUT2D eigenvalue weighted by Gasteiger charge is -2.19. The molecule has 0 aliphatic carbocycles. The van der Waals surface area contributed by atoms with Crippen LogP contribution in [0.15, 0.2) is 28.0 Å². The molecule has 0 saturated carbocycles. The van der Waals surface area contributed by atoms with E-state index < -0.39 is 10.0 Å². The van der Waals surface area contributed by atoms with E-state index >= 15 is 0 Å². The summed E-state index contributed by atoms with van der Waals surface area (Å²) in [4.78, 5) is 13.4. The Bertz CT molecular complexity index is 509. The van der Waals surface area contributed by atoms with Crippen molar-refractivity contribution in [2.75, 3.05) is 26.2 Å². The molecule has 0 atom stereocenters. The van der Waals surface area contributed by atoms with Gasteiger partial charge in [-0.3, -0.25) is 4.79 Å². The molecule has 94 valence electrons. The normalized spacial score (nSPS) is 18.8. The Balaban J connectivity index is 2.28. The summed E-state index contributed by atoms with van der Waals surface area (Å²) in [6, 6.07) is 2.56. The summed E-state index contributed by atoms with van der Waals surface area (Å²) in [6.45, 7) is 2.45. The molecular formula is C10H15N3O3S. The number of hydrogen-bond donors (Lipinski definition) is 2. The first kappa shape index (κ1) is 12.3. The molecule has 6 nitrogen and oxygen atoms in total. The van der Waals surface area contributed by atoms with E-state index in [4.69, 9.17) is 0 Å². The fraction of sp³-hybridized carbons (Fsp3) is 0.500. The van der Waals surface area contributed by atoms with Gasteiger partial charge in [0.1, 0.15) is 0 Å². The third-order valence-corrected chi connectivity index (χ3v) is 4.59. The molecule has 0 spiro atoms. The molecular weight excluding hydrogens is 242 g/mol. The van der Waals surface area contributed by atoms with Crippen LogP contribution in [0.2, 0.25) is 0 Å². The number of H-pyrrole nitrogens is 1. The van der Waals surface area contributed by atoms with Gasteiger partial charge in [0.05, 0.1) is 4.90 Å². The number of aromatic nitrogens is 1. The van der Waals surface area contributed by atoms with Crippen molar-refractivity contribution in [3.8, 4) is 0 Å². The molecule has 2 N–H and O–H groups in total. The standard InChI is InChI=1S/C10H15N3O3S/c14-10-3-2-9(8-12-10)17(15,16)13-6-1-4-11-5-7-13/h2-3,8,11H,1,4-7H2,(H,12,14). The highest BCUT2D eigenvalue weighted by Crippen LogP contribution is 2.14. The number of pyridine rings is 1. The van der Waals surface area contributed by atoms with E-state index in [0.29, 0.717) is 19.6 Å². The molecule has 0 aromatic carbocycles. The number of aromatic amines is 1. The van der Waals surface area contributed by atoms with E-state index in [0.717, 1.165) is 13.0 Å². The Morgan fingerprint density at radius 2 is 2.00 bits per heavy atom. The number of sulfonamides is 1. The molecule has 1 aromatic rings. The molecule has 17 heavy (non-hydrogen) atoms. The molecule has 1 saturated heterocycles. The van der Waals surface area contributed by atoms with E-state index in [1.807, 2.05) is 0 Å². The molecule has 0 bridgehead atoms. The van der Waals surface area contributed by atoms with E-state index in [9.17, 15) is 13.2 Å². The Hall–Kier alpha value is -1.18. The smallest absolute Gasteiger partial charge is 0.247 e. The van der Waals surface area contributed by atoms with Gasteiger partial charge in [0.2, 0.25) is 15.6 Å². The Morgan fingerprint density at radius 1 is 1.18 bits per heavy atom. The molecule has 7 heteroatoms. The first-order chi connectivity index (χ1) is 8.10. The van der Waals surface area contributed by atoms with E-state index in [1.165, 1.54) is 22.6 Å². The van der Waals surface area contributed by atoms with E-state index in [2.05, 4.69) is 10.3 Å². The highest BCUT2D eigenvalue weighted by molar-refractivity contribution is 7.89. The maximum absolute atomic E-state index is 12.2. The molecule has 1 fully saturated rings. The van der Waals surface area contributed by atoms with Gasteiger partial charge in [0, 0.05) is 31.9 Å². The Kier molecular flexibility index (Phi) is 3.60. The first-order valence-corrected chi connectivity index (χ1v) is 6.94. The highest BCUT2D eigenvalue weighted by Gasteiger charge is 2.24.